The van der Waals surface area contributed by atoms with Gasteiger partial charge in [0, 0.05) is 37.9 Å². The molecule has 1 atom stereocenters. The molecule has 142 valence electrons. The van der Waals surface area contributed by atoms with Crippen molar-refractivity contribution in [2.24, 2.45) is 0 Å². The Morgan fingerprint density at radius 1 is 1.22 bits per heavy atom. The van der Waals surface area contributed by atoms with Gasteiger partial charge >= 0.3 is 0 Å². The monoisotopic (exact) mass is 366 g/mol. The third kappa shape index (κ3) is 3.96. The minimum atomic E-state index is -0.0349. The second kappa shape index (κ2) is 8.06. The Kier molecular flexibility index (Phi) is 5.36. The van der Waals surface area contributed by atoms with Gasteiger partial charge in [0.05, 0.1) is 25.1 Å². The number of nitrogens with zero attached hydrogens (tertiary/aromatic N) is 3. The number of carbonyl (C=O) groups is 1. The van der Waals surface area contributed by atoms with E-state index in [-0.39, 0.29) is 11.9 Å². The molecule has 6 nitrogen and oxygen atoms in total. The number of para-hydroxylation sites is 1. The smallest absolute Gasteiger partial charge is 0.277 e. The van der Waals surface area contributed by atoms with E-state index < -0.39 is 0 Å². The van der Waals surface area contributed by atoms with Gasteiger partial charge in [0.15, 0.2) is 0 Å². The van der Waals surface area contributed by atoms with Gasteiger partial charge in [-0.05, 0) is 37.1 Å². The lowest BCUT2D eigenvalue weighted by Crippen LogP contribution is -2.39. The molecule has 27 heavy (non-hydrogen) atoms. The van der Waals surface area contributed by atoms with Crippen molar-refractivity contribution in [3.8, 4) is 0 Å². The number of rotatable bonds is 5. The first-order valence-electron chi connectivity index (χ1n) is 9.64. The predicted molar refractivity (Wildman–Crippen MR) is 106 cm³/mol. The molecule has 0 saturated carbocycles. The normalized spacial score (nSPS) is 19.7. The van der Waals surface area contributed by atoms with Gasteiger partial charge < -0.3 is 15.0 Å². The second-order valence-corrected chi connectivity index (χ2v) is 7.17. The van der Waals surface area contributed by atoms with Gasteiger partial charge in [-0.3, -0.25) is 9.69 Å². The fraction of sp³-hybridized carbons (Fsp3) is 0.429. The molecule has 1 N–H and O–H groups in total. The molecule has 1 aromatic heterocycles. The van der Waals surface area contributed by atoms with E-state index in [0.29, 0.717) is 5.69 Å². The van der Waals surface area contributed by atoms with E-state index in [1.165, 1.54) is 5.56 Å². The average molecular weight is 366 g/mol. The van der Waals surface area contributed by atoms with Crippen LogP contribution in [0.25, 0.3) is 0 Å². The van der Waals surface area contributed by atoms with Crippen LogP contribution in [0.4, 0.5) is 11.4 Å². The lowest BCUT2D eigenvalue weighted by Gasteiger charge is -2.26. The van der Waals surface area contributed by atoms with Gasteiger partial charge in [-0.2, -0.15) is 0 Å². The molecule has 0 bridgehead atoms. The first kappa shape index (κ1) is 17.9. The Bertz CT molecular complexity index is 787. The number of pyridine rings is 1. The summed E-state index contributed by atoms with van der Waals surface area (Å²) in [5, 5.41) is 3.38. The van der Waals surface area contributed by atoms with Crippen molar-refractivity contribution in [2.75, 3.05) is 49.6 Å². The van der Waals surface area contributed by atoms with Crippen molar-refractivity contribution < 1.29 is 9.53 Å². The van der Waals surface area contributed by atoms with Crippen LogP contribution in [0.2, 0.25) is 0 Å². The van der Waals surface area contributed by atoms with Crippen LogP contribution < -0.4 is 10.2 Å². The van der Waals surface area contributed by atoms with Crippen LogP contribution in [0.3, 0.4) is 0 Å². The molecule has 1 aromatic carbocycles. The Labute approximate surface area is 160 Å². The van der Waals surface area contributed by atoms with E-state index >= 15 is 0 Å². The van der Waals surface area contributed by atoms with E-state index in [1.54, 1.807) is 6.20 Å². The molecule has 2 aromatic rings. The SMILES string of the molecule is CC1Cc2ccccc2N1C(=O)c1ccc(NCCN2CCOCC2)cn1. The number of morpholine rings is 1. The Hall–Kier alpha value is -2.44. The average Bonchev–Trinajstić information content (AvgIpc) is 3.04. The lowest BCUT2D eigenvalue weighted by molar-refractivity contribution is 0.0398. The molecule has 3 heterocycles. The molecule has 1 fully saturated rings. The number of nitrogens with one attached hydrogen (secondary N) is 1. The predicted octanol–water partition coefficient (Wildman–Crippen LogP) is 2.42. The number of anilines is 2. The summed E-state index contributed by atoms with van der Waals surface area (Å²) in [6, 6.07) is 12.0. The third-order valence-electron chi connectivity index (χ3n) is 5.27. The lowest BCUT2D eigenvalue weighted by atomic mass is 10.1. The molecule has 1 amide bonds. The fourth-order valence-electron chi connectivity index (χ4n) is 3.81. The molecular formula is C21H26N4O2. The zero-order valence-electron chi connectivity index (χ0n) is 15.7. The van der Waals surface area contributed by atoms with Crippen LogP contribution >= 0.6 is 0 Å². The van der Waals surface area contributed by atoms with Crippen molar-refractivity contribution in [3.63, 3.8) is 0 Å². The molecular weight excluding hydrogens is 340 g/mol. The van der Waals surface area contributed by atoms with E-state index in [4.69, 9.17) is 4.74 Å². The molecule has 1 saturated heterocycles. The molecule has 2 aliphatic rings. The molecule has 0 radical (unpaired) electrons. The summed E-state index contributed by atoms with van der Waals surface area (Å²) in [6.45, 7) is 7.52. The van der Waals surface area contributed by atoms with Crippen LogP contribution in [0.5, 0.6) is 0 Å². The first-order chi connectivity index (χ1) is 13.2. The Balaban J connectivity index is 1.36. The molecule has 4 rings (SSSR count). The molecule has 1 unspecified atom stereocenters. The van der Waals surface area contributed by atoms with E-state index in [1.807, 2.05) is 35.2 Å². The largest absolute Gasteiger partial charge is 0.383 e. The van der Waals surface area contributed by atoms with Gasteiger partial charge in [0.25, 0.3) is 5.91 Å². The summed E-state index contributed by atoms with van der Waals surface area (Å²) in [5.41, 5.74) is 3.65. The van der Waals surface area contributed by atoms with Gasteiger partial charge in [-0.25, -0.2) is 4.98 Å². The number of ether oxygens (including phenoxy) is 1. The highest BCUT2D eigenvalue weighted by Crippen LogP contribution is 2.32. The molecule has 0 aliphatic carbocycles. The zero-order chi connectivity index (χ0) is 18.6. The first-order valence-corrected chi connectivity index (χ1v) is 9.64. The standard InChI is InChI=1S/C21H26N4O2/c1-16-14-17-4-2-3-5-20(17)25(16)21(26)19-7-6-18(15-23-19)22-8-9-24-10-12-27-13-11-24/h2-7,15-16,22H,8-14H2,1H3. The maximum atomic E-state index is 13.0. The van der Waals surface area contributed by atoms with Crippen LogP contribution in [0.15, 0.2) is 42.6 Å². The summed E-state index contributed by atoms with van der Waals surface area (Å²) < 4.78 is 5.36. The van der Waals surface area contributed by atoms with Gasteiger partial charge in [-0.15, -0.1) is 0 Å². The number of aromatic nitrogens is 1. The number of carbonyl (C=O) groups excluding carboxylic acids is 1. The zero-order valence-corrected chi connectivity index (χ0v) is 15.7. The Morgan fingerprint density at radius 3 is 2.81 bits per heavy atom. The fourth-order valence-corrected chi connectivity index (χ4v) is 3.81. The summed E-state index contributed by atoms with van der Waals surface area (Å²) in [7, 11) is 0. The summed E-state index contributed by atoms with van der Waals surface area (Å²) in [6.07, 6.45) is 2.64. The minimum absolute atomic E-state index is 0.0349. The van der Waals surface area contributed by atoms with E-state index in [2.05, 4.69) is 28.2 Å². The van der Waals surface area contributed by atoms with Crippen LogP contribution in [-0.2, 0) is 11.2 Å². The van der Waals surface area contributed by atoms with Crippen molar-refractivity contribution in [1.29, 1.82) is 0 Å². The topological polar surface area (TPSA) is 57.7 Å². The van der Waals surface area contributed by atoms with Gasteiger partial charge in [0.1, 0.15) is 5.69 Å². The maximum Gasteiger partial charge on any atom is 0.277 e. The summed E-state index contributed by atoms with van der Waals surface area (Å²) in [5.74, 6) is -0.0349. The molecule has 0 spiro atoms. The third-order valence-corrected chi connectivity index (χ3v) is 5.27. The maximum absolute atomic E-state index is 13.0. The highest BCUT2D eigenvalue weighted by molar-refractivity contribution is 6.06. The van der Waals surface area contributed by atoms with Crippen LogP contribution in [-0.4, -0.2) is 61.2 Å². The van der Waals surface area contributed by atoms with Crippen molar-refractivity contribution in [1.82, 2.24) is 9.88 Å². The molecule has 2 aliphatic heterocycles. The second-order valence-electron chi connectivity index (χ2n) is 7.17. The Morgan fingerprint density at radius 2 is 2.04 bits per heavy atom. The number of hydrogen-bond acceptors (Lipinski definition) is 5. The quantitative estimate of drug-likeness (QED) is 0.881. The number of amides is 1. The summed E-state index contributed by atoms with van der Waals surface area (Å²) in [4.78, 5) is 21.6. The van der Waals surface area contributed by atoms with Crippen LogP contribution in [0.1, 0.15) is 23.0 Å². The van der Waals surface area contributed by atoms with Crippen molar-refractivity contribution in [2.45, 2.75) is 19.4 Å². The molecule has 6 heteroatoms. The van der Waals surface area contributed by atoms with Gasteiger partial charge in [-0.1, -0.05) is 18.2 Å². The highest BCUT2D eigenvalue weighted by Gasteiger charge is 2.31. The van der Waals surface area contributed by atoms with E-state index in [0.717, 1.165) is 57.2 Å². The minimum Gasteiger partial charge on any atom is -0.383 e. The summed E-state index contributed by atoms with van der Waals surface area (Å²) >= 11 is 0. The van der Waals surface area contributed by atoms with Crippen LogP contribution in [0, 0.1) is 0 Å². The highest BCUT2D eigenvalue weighted by atomic mass is 16.5. The van der Waals surface area contributed by atoms with Gasteiger partial charge in [0.2, 0.25) is 0 Å². The number of benzene rings is 1. The van der Waals surface area contributed by atoms with Crippen molar-refractivity contribution in [3.05, 3.63) is 53.9 Å². The number of hydrogen-bond donors (Lipinski definition) is 1. The van der Waals surface area contributed by atoms with Crippen molar-refractivity contribution >= 4 is 17.3 Å². The number of fused-ring (bicyclic) bond motifs is 1. The van der Waals surface area contributed by atoms with E-state index in [9.17, 15) is 4.79 Å².